The van der Waals surface area contributed by atoms with Crippen molar-refractivity contribution in [1.82, 2.24) is 30.0 Å². The van der Waals surface area contributed by atoms with E-state index in [4.69, 9.17) is 4.74 Å². The summed E-state index contributed by atoms with van der Waals surface area (Å²) in [5.41, 5.74) is 1.96. The molecular formula is C22H22FN7O2. The van der Waals surface area contributed by atoms with Crippen LogP contribution in [-0.2, 0) is 13.2 Å². The molecule has 0 aliphatic heterocycles. The molecule has 0 radical (unpaired) electrons. The molecule has 0 aliphatic carbocycles. The van der Waals surface area contributed by atoms with Gasteiger partial charge in [-0.15, -0.1) is 5.10 Å². The summed E-state index contributed by atoms with van der Waals surface area (Å²) in [4.78, 5) is 12.5. The summed E-state index contributed by atoms with van der Waals surface area (Å²) in [6, 6.07) is 13.1. The van der Waals surface area contributed by atoms with Crippen molar-refractivity contribution in [3.8, 4) is 5.75 Å². The molecule has 0 bridgehead atoms. The van der Waals surface area contributed by atoms with Gasteiger partial charge in [0.2, 0.25) is 0 Å². The van der Waals surface area contributed by atoms with Crippen molar-refractivity contribution in [2.45, 2.75) is 33.0 Å². The molecule has 10 heteroatoms. The Hall–Kier alpha value is -4.08. The van der Waals surface area contributed by atoms with Crippen LogP contribution in [0.3, 0.4) is 0 Å². The van der Waals surface area contributed by atoms with E-state index in [9.17, 15) is 9.18 Å². The topological polar surface area (TPSA) is 99.8 Å². The quantitative estimate of drug-likeness (QED) is 0.455. The molecule has 2 heterocycles. The van der Waals surface area contributed by atoms with Crippen molar-refractivity contribution in [3.05, 3.63) is 83.7 Å². The SMILES string of the molecule is CC(C)n1nnnc1COc1ccc(C(=O)Nc2cnn(Cc3ccc(F)cc3)c2)cc1. The lowest BCUT2D eigenvalue weighted by Gasteiger charge is -2.09. The van der Waals surface area contributed by atoms with E-state index in [2.05, 4.69) is 25.9 Å². The van der Waals surface area contributed by atoms with Gasteiger partial charge >= 0.3 is 0 Å². The van der Waals surface area contributed by atoms with Gasteiger partial charge in [0.1, 0.15) is 18.2 Å². The molecule has 2 aromatic heterocycles. The highest BCUT2D eigenvalue weighted by atomic mass is 19.1. The number of rotatable bonds is 8. The van der Waals surface area contributed by atoms with Gasteiger partial charge in [-0.1, -0.05) is 12.1 Å². The molecule has 0 saturated carbocycles. The molecule has 2 aromatic carbocycles. The van der Waals surface area contributed by atoms with Crippen molar-refractivity contribution in [3.63, 3.8) is 0 Å². The second-order valence-corrected chi connectivity index (χ2v) is 7.45. The number of ether oxygens (including phenoxy) is 1. The van der Waals surface area contributed by atoms with Crippen molar-refractivity contribution in [2.75, 3.05) is 5.32 Å². The zero-order valence-corrected chi connectivity index (χ0v) is 17.6. The monoisotopic (exact) mass is 435 g/mol. The van der Waals surface area contributed by atoms with Gasteiger partial charge in [-0.25, -0.2) is 9.07 Å². The lowest BCUT2D eigenvalue weighted by Crippen LogP contribution is -2.12. The summed E-state index contributed by atoms with van der Waals surface area (Å²) >= 11 is 0. The molecular weight excluding hydrogens is 413 g/mol. The maximum absolute atomic E-state index is 13.0. The molecule has 1 N–H and O–H groups in total. The lowest BCUT2D eigenvalue weighted by molar-refractivity contribution is 0.102. The Morgan fingerprint density at radius 3 is 2.59 bits per heavy atom. The largest absolute Gasteiger partial charge is 0.486 e. The van der Waals surface area contributed by atoms with Crippen LogP contribution in [0.4, 0.5) is 10.1 Å². The fraction of sp³-hybridized carbons (Fsp3) is 0.227. The number of hydrogen-bond acceptors (Lipinski definition) is 6. The number of aromatic nitrogens is 6. The zero-order valence-electron chi connectivity index (χ0n) is 17.6. The van der Waals surface area contributed by atoms with E-state index < -0.39 is 0 Å². The number of carbonyl (C=O) groups excluding carboxylic acids is 1. The van der Waals surface area contributed by atoms with Crippen LogP contribution < -0.4 is 10.1 Å². The molecule has 1 amide bonds. The van der Waals surface area contributed by atoms with Gasteiger partial charge in [-0.05, 0) is 66.2 Å². The Bertz CT molecular complexity index is 1180. The number of nitrogens with one attached hydrogen (secondary N) is 1. The van der Waals surface area contributed by atoms with E-state index >= 15 is 0 Å². The van der Waals surface area contributed by atoms with E-state index in [0.717, 1.165) is 5.56 Å². The molecule has 0 aliphatic rings. The van der Waals surface area contributed by atoms with E-state index in [1.165, 1.54) is 12.1 Å². The Balaban J connectivity index is 1.32. The number of anilines is 1. The van der Waals surface area contributed by atoms with Gasteiger partial charge in [0.05, 0.1) is 24.5 Å². The van der Waals surface area contributed by atoms with E-state index in [1.54, 1.807) is 58.2 Å². The summed E-state index contributed by atoms with van der Waals surface area (Å²) < 4.78 is 22.1. The Labute approximate surface area is 183 Å². The van der Waals surface area contributed by atoms with Crippen LogP contribution in [0.1, 0.15) is 41.6 Å². The van der Waals surface area contributed by atoms with Gasteiger partial charge in [0.15, 0.2) is 5.82 Å². The number of nitrogens with zero attached hydrogens (tertiary/aromatic N) is 6. The summed E-state index contributed by atoms with van der Waals surface area (Å²) in [6.07, 6.45) is 3.29. The van der Waals surface area contributed by atoms with E-state index in [0.29, 0.717) is 29.4 Å². The third-order valence-corrected chi connectivity index (χ3v) is 4.68. The fourth-order valence-corrected chi connectivity index (χ4v) is 3.05. The number of benzene rings is 2. The minimum absolute atomic E-state index is 0.134. The van der Waals surface area contributed by atoms with E-state index in [-0.39, 0.29) is 24.4 Å². The van der Waals surface area contributed by atoms with Gasteiger partial charge in [0.25, 0.3) is 5.91 Å². The van der Waals surface area contributed by atoms with Crippen LogP contribution in [0.15, 0.2) is 60.9 Å². The predicted molar refractivity (Wildman–Crippen MR) is 115 cm³/mol. The first-order valence-corrected chi connectivity index (χ1v) is 10.1. The van der Waals surface area contributed by atoms with Crippen molar-refractivity contribution in [2.24, 2.45) is 0 Å². The molecule has 32 heavy (non-hydrogen) atoms. The molecule has 0 unspecified atom stereocenters. The van der Waals surface area contributed by atoms with Crippen molar-refractivity contribution < 1.29 is 13.9 Å². The predicted octanol–water partition coefficient (Wildman–Crippen LogP) is 3.47. The zero-order chi connectivity index (χ0) is 22.5. The van der Waals surface area contributed by atoms with Crippen LogP contribution in [0.25, 0.3) is 0 Å². The first kappa shape index (κ1) is 21.2. The number of carbonyl (C=O) groups is 1. The summed E-state index contributed by atoms with van der Waals surface area (Å²) in [5.74, 6) is 0.683. The number of halogens is 1. The minimum Gasteiger partial charge on any atom is -0.486 e. The summed E-state index contributed by atoms with van der Waals surface area (Å²) in [5, 5.41) is 18.6. The highest BCUT2D eigenvalue weighted by molar-refractivity contribution is 6.04. The average Bonchev–Trinajstić information content (AvgIpc) is 3.44. The van der Waals surface area contributed by atoms with Crippen LogP contribution >= 0.6 is 0 Å². The highest BCUT2D eigenvalue weighted by Crippen LogP contribution is 2.16. The average molecular weight is 435 g/mol. The maximum atomic E-state index is 13.0. The molecule has 4 rings (SSSR count). The fourth-order valence-electron chi connectivity index (χ4n) is 3.05. The van der Waals surface area contributed by atoms with Crippen LogP contribution in [-0.4, -0.2) is 35.9 Å². The number of amides is 1. The number of hydrogen-bond donors (Lipinski definition) is 1. The third kappa shape index (κ3) is 5.15. The van der Waals surface area contributed by atoms with Gasteiger partial charge in [0, 0.05) is 11.8 Å². The molecule has 0 atom stereocenters. The Morgan fingerprint density at radius 2 is 1.88 bits per heavy atom. The maximum Gasteiger partial charge on any atom is 0.255 e. The third-order valence-electron chi connectivity index (χ3n) is 4.68. The molecule has 0 fully saturated rings. The molecule has 4 aromatic rings. The second kappa shape index (κ2) is 9.38. The Kier molecular flexibility index (Phi) is 6.20. The lowest BCUT2D eigenvalue weighted by atomic mass is 10.2. The minimum atomic E-state index is -0.283. The van der Waals surface area contributed by atoms with Crippen LogP contribution in [0, 0.1) is 5.82 Å². The van der Waals surface area contributed by atoms with Crippen molar-refractivity contribution in [1.29, 1.82) is 0 Å². The summed E-state index contributed by atoms with van der Waals surface area (Å²) in [7, 11) is 0. The van der Waals surface area contributed by atoms with Gasteiger partial charge in [-0.2, -0.15) is 5.10 Å². The highest BCUT2D eigenvalue weighted by Gasteiger charge is 2.11. The van der Waals surface area contributed by atoms with Crippen LogP contribution in [0.2, 0.25) is 0 Å². The molecule has 0 spiro atoms. The number of tetrazole rings is 1. The molecule has 0 saturated heterocycles. The standard InChI is InChI=1S/C22H22FN7O2/c1-15(2)30-21(26-27-28-30)14-32-20-9-5-17(6-10-20)22(31)25-19-11-24-29(13-19)12-16-3-7-18(23)8-4-16/h3-11,13,15H,12,14H2,1-2H3,(H,25,31). The first-order chi connectivity index (χ1) is 15.5. The molecule has 9 nitrogen and oxygen atoms in total. The normalized spacial score (nSPS) is 11.0. The second-order valence-electron chi connectivity index (χ2n) is 7.45. The van der Waals surface area contributed by atoms with Crippen molar-refractivity contribution >= 4 is 11.6 Å². The van der Waals surface area contributed by atoms with Gasteiger partial charge in [-0.3, -0.25) is 9.48 Å². The van der Waals surface area contributed by atoms with E-state index in [1.807, 2.05) is 13.8 Å². The smallest absolute Gasteiger partial charge is 0.255 e. The van der Waals surface area contributed by atoms with Crippen LogP contribution in [0.5, 0.6) is 5.75 Å². The Morgan fingerprint density at radius 1 is 1.12 bits per heavy atom. The molecule has 164 valence electrons. The van der Waals surface area contributed by atoms with Gasteiger partial charge < -0.3 is 10.1 Å². The first-order valence-electron chi connectivity index (χ1n) is 10.1. The summed E-state index contributed by atoms with van der Waals surface area (Å²) in [6.45, 7) is 4.67.